The van der Waals surface area contributed by atoms with Crippen molar-refractivity contribution in [3.8, 4) is 5.88 Å². The molecule has 0 spiro atoms. The van der Waals surface area contributed by atoms with Crippen molar-refractivity contribution in [1.29, 1.82) is 0 Å². The van der Waals surface area contributed by atoms with Crippen molar-refractivity contribution in [2.24, 2.45) is 5.92 Å². The summed E-state index contributed by atoms with van der Waals surface area (Å²) in [5.41, 5.74) is 0.630. The summed E-state index contributed by atoms with van der Waals surface area (Å²) in [5.74, 6) is -3.88. The third kappa shape index (κ3) is 5.60. The third-order valence-corrected chi connectivity index (χ3v) is 9.75. The molecule has 0 aliphatic carbocycles. The lowest BCUT2D eigenvalue weighted by Crippen LogP contribution is -2.37. The zero-order valence-electron chi connectivity index (χ0n) is 22.8. The lowest BCUT2D eigenvalue weighted by Gasteiger charge is -2.31. The number of hydrogen-bond donors (Lipinski definition) is 2. The number of benzene rings is 1. The van der Waals surface area contributed by atoms with Crippen LogP contribution in [0, 0.1) is 18.7 Å². The minimum Gasteiger partial charge on any atom is -0.481 e. The average molecular weight is 578 g/mol. The van der Waals surface area contributed by atoms with Crippen LogP contribution in [0.5, 0.6) is 5.88 Å². The highest BCUT2D eigenvalue weighted by Crippen LogP contribution is 2.43. The van der Waals surface area contributed by atoms with Crippen LogP contribution >= 0.6 is 0 Å². The van der Waals surface area contributed by atoms with Crippen molar-refractivity contribution in [2.45, 2.75) is 57.4 Å². The van der Waals surface area contributed by atoms with Crippen molar-refractivity contribution < 1.29 is 26.3 Å². The number of hydrogen-bond acceptors (Lipinski definition) is 8. The zero-order chi connectivity index (χ0) is 28.7. The zero-order valence-corrected chi connectivity index (χ0v) is 23.6. The van der Waals surface area contributed by atoms with Gasteiger partial charge in [-0.25, -0.2) is 31.6 Å². The molecule has 2 fully saturated rings. The van der Waals surface area contributed by atoms with Crippen LogP contribution in [0.4, 0.5) is 19.0 Å². The molecular formula is C28H34F3N5O3S. The normalized spacial score (nSPS) is 19.4. The van der Waals surface area contributed by atoms with Gasteiger partial charge in [0.15, 0.2) is 5.65 Å². The molecule has 1 unspecified atom stereocenters. The number of anilines is 1. The standard InChI is InChI=1S/C28H34F3N5O3S/c1-16(20-5-4-6-23(24(20)29)28(30,31)19-7-11-32-12-8-19)33-25-22-15-21(18-9-13-40(37,38)14-10-18)27(39-3)36-26(22)35-17(2)34-25/h4-6,15-16,18-19,32H,7-14H2,1-3H3,(H,33,34,35,36). The predicted octanol–water partition coefficient (Wildman–Crippen LogP) is 5.04. The van der Waals surface area contributed by atoms with E-state index in [1.54, 1.807) is 13.8 Å². The van der Waals surface area contributed by atoms with Gasteiger partial charge < -0.3 is 15.4 Å². The third-order valence-electron chi connectivity index (χ3n) is 8.04. The Morgan fingerprint density at radius 2 is 1.80 bits per heavy atom. The van der Waals surface area contributed by atoms with Gasteiger partial charge in [-0.15, -0.1) is 0 Å². The Labute approximate surface area is 232 Å². The molecule has 1 aromatic carbocycles. The molecule has 0 amide bonds. The van der Waals surface area contributed by atoms with Gasteiger partial charge in [0.2, 0.25) is 5.88 Å². The highest BCUT2D eigenvalue weighted by molar-refractivity contribution is 7.91. The Hall–Kier alpha value is -2.99. The maximum absolute atomic E-state index is 15.7. The van der Waals surface area contributed by atoms with Crippen LogP contribution < -0.4 is 15.4 Å². The fraction of sp³-hybridized carbons (Fsp3) is 0.536. The van der Waals surface area contributed by atoms with Gasteiger partial charge in [-0.1, -0.05) is 18.2 Å². The predicted molar refractivity (Wildman–Crippen MR) is 147 cm³/mol. The smallest absolute Gasteiger partial charge is 0.278 e. The largest absolute Gasteiger partial charge is 0.481 e. The number of fused-ring (bicyclic) bond motifs is 1. The number of pyridine rings is 1. The average Bonchev–Trinajstić information content (AvgIpc) is 2.93. The first-order valence-electron chi connectivity index (χ1n) is 13.6. The van der Waals surface area contributed by atoms with Crippen molar-refractivity contribution in [1.82, 2.24) is 20.3 Å². The van der Waals surface area contributed by atoms with Crippen LogP contribution in [0.3, 0.4) is 0 Å². The summed E-state index contributed by atoms with van der Waals surface area (Å²) in [5, 5.41) is 6.83. The quantitative estimate of drug-likeness (QED) is 0.403. The Kier molecular flexibility index (Phi) is 7.93. The molecule has 2 aromatic heterocycles. The first-order chi connectivity index (χ1) is 19.0. The molecule has 2 aliphatic heterocycles. The maximum Gasteiger partial charge on any atom is 0.278 e. The number of aryl methyl sites for hydroxylation is 1. The number of methoxy groups -OCH3 is 1. The van der Waals surface area contributed by atoms with E-state index in [9.17, 15) is 8.42 Å². The Morgan fingerprint density at radius 1 is 1.10 bits per heavy atom. The maximum atomic E-state index is 15.7. The van der Waals surface area contributed by atoms with E-state index in [1.807, 2.05) is 6.07 Å². The molecule has 1 atom stereocenters. The van der Waals surface area contributed by atoms with Gasteiger partial charge in [0.25, 0.3) is 5.92 Å². The van der Waals surface area contributed by atoms with Gasteiger partial charge in [-0.3, -0.25) is 0 Å². The number of alkyl halides is 2. The number of nitrogens with one attached hydrogen (secondary N) is 2. The second-order valence-corrected chi connectivity index (χ2v) is 13.0. The summed E-state index contributed by atoms with van der Waals surface area (Å²) in [6.45, 7) is 4.36. The van der Waals surface area contributed by atoms with Crippen LogP contribution in [-0.4, -0.2) is 55.1 Å². The van der Waals surface area contributed by atoms with E-state index in [2.05, 4.69) is 25.6 Å². The monoisotopic (exact) mass is 577 g/mol. The molecule has 12 heteroatoms. The van der Waals surface area contributed by atoms with Gasteiger partial charge in [0, 0.05) is 17.0 Å². The topological polar surface area (TPSA) is 106 Å². The van der Waals surface area contributed by atoms with E-state index >= 15 is 13.2 Å². The number of sulfone groups is 1. The van der Waals surface area contributed by atoms with E-state index in [1.165, 1.54) is 25.3 Å². The van der Waals surface area contributed by atoms with Crippen LogP contribution in [0.15, 0.2) is 24.3 Å². The Bertz CT molecular complexity index is 1500. The molecule has 5 rings (SSSR count). The second-order valence-electron chi connectivity index (χ2n) is 10.7. The SMILES string of the molecule is COc1nc2nc(C)nc(NC(C)c3cccc(C(F)(F)C4CCNCC4)c3F)c2cc1C1CCS(=O)(=O)CC1. The van der Waals surface area contributed by atoms with Crippen molar-refractivity contribution in [2.75, 3.05) is 37.0 Å². The van der Waals surface area contributed by atoms with Crippen molar-refractivity contribution in [3.05, 3.63) is 52.6 Å². The summed E-state index contributed by atoms with van der Waals surface area (Å²) in [6.07, 6.45) is 1.45. The molecule has 2 aliphatic rings. The Morgan fingerprint density at radius 3 is 2.48 bits per heavy atom. The molecule has 3 aromatic rings. The molecule has 0 bridgehead atoms. The molecule has 40 heavy (non-hydrogen) atoms. The van der Waals surface area contributed by atoms with E-state index in [0.717, 1.165) is 5.56 Å². The summed E-state index contributed by atoms with van der Waals surface area (Å²) in [4.78, 5) is 13.5. The van der Waals surface area contributed by atoms with E-state index in [0.29, 0.717) is 54.5 Å². The van der Waals surface area contributed by atoms with E-state index in [4.69, 9.17) is 4.74 Å². The number of nitrogens with zero attached hydrogens (tertiary/aromatic N) is 3. The van der Waals surface area contributed by atoms with Gasteiger partial charge in [-0.05, 0) is 64.6 Å². The molecule has 0 radical (unpaired) electrons. The van der Waals surface area contributed by atoms with Gasteiger partial charge in [0.05, 0.1) is 35.6 Å². The summed E-state index contributed by atoms with van der Waals surface area (Å²) in [6, 6.07) is 5.28. The first kappa shape index (κ1) is 28.5. The van der Waals surface area contributed by atoms with Gasteiger partial charge >= 0.3 is 0 Å². The van der Waals surface area contributed by atoms with Crippen LogP contribution in [0.1, 0.15) is 67.1 Å². The second kappa shape index (κ2) is 11.1. The minimum absolute atomic E-state index is 0.0757. The first-order valence-corrected chi connectivity index (χ1v) is 15.4. The molecule has 4 heterocycles. The highest BCUT2D eigenvalue weighted by atomic mass is 32.2. The van der Waals surface area contributed by atoms with Gasteiger partial charge in [-0.2, -0.15) is 4.98 Å². The number of piperidine rings is 1. The van der Waals surface area contributed by atoms with Crippen LogP contribution in [-0.2, 0) is 15.8 Å². The fourth-order valence-corrected chi connectivity index (χ4v) is 7.25. The van der Waals surface area contributed by atoms with E-state index in [-0.39, 0.29) is 35.8 Å². The fourth-order valence-electron chi connectivity index (χ4n) is 5.76. The van der Waals surface area contributed by atoms with E-state index < -0.39 is 39.1 Å². The molecule has 8 nitrogen and oxygen atoms in total. The molecule has 2 saturated heterocycles. The Balaban J connectivity index is 1.49. The molecule has 0 saturated carbocycles. The number of ether oxygens (including phenoxy) is 1. The van der Waals surface area contributed by atoms with Crippen molar-refractivity contribution in [3.63, 3.8) is 0 Å². The lowest BCUT2D eigenvalue weighted by atomic mass is 9.86. The molecule has 216 valence electrons. The number of aromatic nitrogens is 3. The van der Waals surface area contributed by atoms with Gasteiger partial charge in [0.1, 0.15) is 27.3 Å². The molecule has 2 N–H and O–H groups in total. The minimum atomic E-state index is -3.29. The summed E-state index contributed by atoms with van der Waals surface area (Å²) in [7, 11) is -1.56. The van der Waals surface area contributed by atoms with Crippen LogP contribution in [0.2, 0.25) is 0 Å². The summed E-state index contributed by atoms with van der Waals surface area (Å²) < 4.78 is 76.0. The lowest BCUT2D eigenvalue weighted by molar-refractivity contribution is -0.0781. The number of rotatable bonds is 7. The molecular weight excluding hydrogens is 543 g/mol. The highest BCUT2D eigenvalue weighted by Gasteiger charge is 2.44. The number of halogens is 3. The summed E-state index contributed by atoms with van der Waals surface area (Å²) >= 11 is 0. The van der Waals surface area contributed by atoms with Crippen LogP contribution in [0.25, 0.3) is 11.0 Å². The van der Waals surface area contributed by atoms with Crippen molar-refractivity contribution >= 4 is 26.7 Å².